The first kappa shape index (κ1) is 25.9. The third-order valence-corrected chi connectivity index (χ3v) is 7.37. The van der Waals surface area contributed by atoms with Gasteiger partial charge in [-0.2, -0.15) is 0 Å². The van der Waals surface area contributed by atoms with Gasteiger partial charge in [0.25, 0.3) is 0 Å². The summed E-state index contributed by atoms with van der Waals surface area (Å²) in [7, 11) is -1.54. The van der Waals surface area contributed by atoms with Crippen LogP contribution in [-0.4, -0.2) is 13.8 Å². The van der Waals surface area contributed by atoms with E-state index in [1.807, 2.05) is 0 Å². The fraction of sp³-hybridized carbons (Fsp3) is 0.733. The molecule has 1 nitrogen and oxygen atoms in total. The minimum atomic E-state index is -1.54. The van der Waals surface area contributed by atoms with E-state index in [0.717, 1.165) is 0 Å². The van der Waals surface area contributed by atoms with Crippen molar-refractivity contribution < 1.29 is 21.7 Å². The maximum Gasteiger partial charge on any atom is 0.152 e. The number of allylic oxidation sites excluding steroid dienone is 4. The predicted molar refractivity (Wildman–Crippen MR) is 95.1 cm³/mol. The van der Waals surface area contributed by atoms with Crippen LogP contribution in [0.4, 0.5) is 0 Å². The summed E-state index contributed by atoms with van der Waals surface area (Å²) in [5.74, 6) is 0.638. The summed E-state index contributed by atoms with van der Waals surface area (Å²) in [5, 5.41) is 1.65. The van der Waals surface area contributed by atoms with Gasteiger partial charge in [-0.1, -0.05) is 36.7 Å². The SMILES string of the molecule is CC1=C(C)C(C)C(C)=C1[Si](C)(C)NC(C)(C)C.Cl.Cl.[Ti]. The van der Waals surface area contributed by atoms with E-state index < -0.39 is 8.24 Å². The first-order valence-electron chi connectivity index (χ1n) is 6.65. The number of halogens is 2. The molecule has 0 aliphatic heterocycles. The Morgan fingerprint density at radius 3 is 1.60 bits per heavy atom. The van der Waals surface area contributed by atoms with Crippen LogP contribution in [0, 0.1) is 5.92 Å². The molecule has 0 heterocycles. The molecule has 1 unspecified atom stereocenters. The summed E-state index contributed by atoms with van der Waals surface area (Å²) in [6, 6.07) is 0. The van der Waals surface area contributed by atoms with Crippen molar-refractivity contribution >= 4 is 33.0 Å². The van der Waals surface area contributed by atoms with Gasteiger partial charge in [0.05, 0.1) is 0 Å². The molecular formula is C15H31Cl2NSiTi. The van der Waals surface area contributed by atoms with Crippen LogP contribution < -0.4 is 4.98 Å². The molecule has 1 atom stereocenters. The molecule has 0 spiro atoms. The summed E-state index contributed by atoms with van der Waals surface area (Å²) in [6.07, 6.45) is 0. The third-order valence-electron chi connectivity index (χ3n) is 3.97. The van der Waals surface area contributed by atoms with E-state index in [2.05, 4.69) is 66.5 Å². The van der Waals surface area contributed by atoms with Crippen molar-refractivity contribution in [2.75, 3.05) is 0 Å². The third kappa shape index (κ3) is 5.62. The van der Waals surface area contributed by atoms with Crippen molar-refractivity contribution in [3.63, 3.8) is 0 Å². The molecule has 0 saturated carbocycles. The van der Waals surface area contributed by atoms with Crippen LogP contribution in [0.15, 0.2) is 21.9 Å². The normalized spacial score (nSPS) is 19.4. The Morgan fingerprint density at radius 2 is 1.35 bits per heavy atom. The second-order valence-corrected chi connectivity index (χ2v) is 11.1. The van der Waals surface area contributed by atoms with Gasteiger partial charge < -0.3 is 4.98 Å². The first-order chi connectivity index (χ1) is 7.47. The van der Waals surface area contributed by atoms with Gasteiger partial charge in [0.15, 0.2) is 8.24 Å². The molecule has 0 radical (unpaired) electrons. The fourth-order valence-electron chi connectivity index (χ4n) is 3.32. The van der Waals surface area contributed by atoms with Gasteiger partial charge in [-0.15, -0.1) is 24.8 Å². The first-order valence-corrected chi connectivity index (χ1v) is 9.65. The summed E-state index contributed by atoms with van der Waals surface area (Å²) < 4.78 is 0. The zero-order valence-electron chi connectivity index (χ0n) is 14.4. The van der Waals surface area contributed by atoms with Gasteiger partial charge in [0.2, 0.25) is 0 Å². The van der Waals surface area contributed by atoms with E-state index in [1.165, 1.54) is 0 Å². The monoisotopic (exact) mass is 371 g/mol. The molecule has 118 valence electrons. The van der Waals surface area contributed by atoms with Crippen molar-refractivity contribution in [1.82, 2.24) is 4.98 Å². The van der Waals surface area contributed by atoms with Gasteiger partial charge >= 0.3 is 0 Å². The molecule has 0 fully saturated rings. The molecule has 0 aromatic carbocycles. The van der Waals surface area contributed by atoms with E-state index >= 15 is 0 Å². The Bertz CT molecular complexity index is 395. The molecule has 0 bridgehead atoms. The average molecular weight is 372 g/mol. The van der Waals surface area contributed by atoms with Gasteiger partial charge in [0, 0.05) is 27.3 Å². The van der Waals surface area contributed by atoms with Crippen LogP contribution in [-0.2, 0) is 21.7 Å². The van der Waals surface area contributed by atoms with Crippen LogP contribution in [0.2, 0.25) is 13.1 Å². The Hall–Kier alpha value is 0.951. The van der Waals surface area contributed by atoms with Gasteiger partial charge in [0.1, 0.15) is 0 Å². The van der Waals surface area contributed by atoms with E-state index in [9.17, 15) is 0 Å². The average Bonchev–Trinajstić information content (AvgIpc) is 2.27. The van der Waals surface area contributed by atoms with Crippen molar-refractivity contribution in [2.45, 2.75) is 67.1 Å². The van der Waals surface area contributed by atoms with Crippen LogP contribution in [0.25, 0.3) is 0 Å². The van der Waals surface area contributed by atoms with Gasteiger partial charge in [-0.3, -0.25) is 0 Å². The van der Waals surface area contributed by atoms with Crippen molar-refractivity contribution in [1.29, 1.82) is 0 Å². The number of hydrogen-bond donors (Lipinski definition) is 1. The molecular weight excluding hydrogens is 341 g/mol. The Balaban J connectivity index is -0.000000963. The zero-order chi connectivity index (χ0) is 13.6. The quantitative estimate of drug-likeness (QED) is 0.652. The minimum Gasteiger partial charge on any atom is -0.329 e. The van der Waals surface area contributed by atoms with Crippen LogP contribution in [0.3, 0.4) is 0 Å². The summed E-state index contributed by atoms with van der Waals surface area (Å²) in [5.41, 5.74) is 4.90. The summed E-state index contributed by atoms with van der Waals surface area (Å²) in [6.45, 7) is 20.9. The number of rotatable bonds is 2. The Morgan fingerprint density at radius 1 is 0.950 bits per heavy atom. The molecule has 0 aromatic rings. The molecule has 1 rings (SSSR count). The molecule has 1 N–H and O–H groups in total. The molecule has 0 saturated heterocycles. The molecule has 1 aliphatic rings. The number of nitrogens with one attached hydrogen (secondary N) is 1. The van der Waals surface area contributed by atoms with Crippen LogP contribution >= 0.6 is 24.8 Å². The van der Waals surface area contributed by atoms with E-state index in [0.29, 0.717) is 5.92 Å². The summed E-state index contributed by atoms with van der Waals surface area (Å²) in [4.78, 5) is 3.89. The van der Waals surface area contributed by atoms with Crippen molar-refractivity contribution in [2.24, 2.45) is 5.92 Å². The standard InChI is InChI=1S/C15H29NSi.2ClH.Ti/c1-10-11(2)13(4)14(12(10)3)17(8,9)16-15(5,6)7;;;/h10,16H,1-9H3;2*1H;. The minimum absolute atomic E-state index is 0. The zero-order valence-corrected chi connectivity index (χ0v) is 18.6. The van der Waals surface area contributed by atoms with Crippen molar-refractivity contribution in [3.05, 3.63) is 21.9 Å². The molecule has 20 heavy (non-hydrogen) atoms. The topological polar surface area (TPSA) is 12.0 Å². The Labute approximate surface area is 154 Å². The molecule has 0 aromatic heterocycles. The van der Waals surface area contributed by atoms with E-state index in [-0.39, 0.29) is 52.1 Å². The van der Waals surface area contributed by atoms with E-state index in [4.69, 9.17) is 0 Å². The second-order valence-electron chi connectivity index (χ2n) is 7.09. The smallest absolute Gasteiger partial charge is 0.152 e. The fourth-order valence-corrected chi connectivity index (χ4v) is 7.66. The molecule has 1 aliphatic carbocycles. The Kier molecular flexibility index (Phi) is 11.1. The number of hydrogen-bond acceptors (Lipinski definition) is 1. The largest absolute Gasteiger partial charge is 0.329 e. The van der Waals surface area contributed by atoms with Crippen LogP contribution in [0.5, 0.6) is 0 Å². The molecule has 0 amide bonds. The molecule has 5 heteroatoms. The maximum atomic E-state index is 3.89. The van der Waals surface area contributed by atoms with E-state index in [1.54, 1.807) is 21.9 Å². The maximum absolute atomic E-state index is 3.89. The van der Waals surface area contributed by atoms with Gasteiger partial charge in [-0.25, -0.2) is 0 Å². The second kappa shape index (κ2) is 8.55. The van der Waals surface area contributed by atoms with Gasteiger partial charge in [-0.05, 0) is 52.7 Å². The predicted octanol–water partition coefficient (Wildman–Crippen LogP) is 5.26. The van der Waals surface area contributed by atoms with Crippen molar-refractivity contribution in [3.8, 4) is 0 Å². The van der Waals surface area contributed by atoms with Crippen LogP contribution in [0.1, 0.15) is 48.5 Å². The summed E-state index contributed by atoms with van der Waals surface area (Å²) >= 11 is 0.